The number of nitrogens with one attached hydrogen (secondary N) is 3. The number of hydrogen-bond donors (Lipinski definition) is 3. The third-order valence-corrected chi connectivity index (χ3v) is 4.10. The molecular formula is C14H15F6N3. The Kier molecular flexibility index (Phi) is 3.86. The number of alkyl halides is 6. The van der Waals surface area contributed by atoms with Crippen molar-refractivity contribution in [1.82, 2.24) is 5.32 Å². The third-order valence-electron chi connectivity index (χ3n) is 4.10. The molecule has 0 amide bonds. The second-order valence-electron chi connectivity index (χ2n) is 5.81. The molecule has 2 aliphatic rings. The Morgan fingerprint density at radius 2 is 1.74 bits per heavy atom. The van der Waals surface area contributed by atoms with Crippen LogP contribution in [0.5, 0.6) is 0 Å². The van der Waals surface area contributed by atoms with Crippen molar-refractivity contribution in [3.63, 3.8) is 0 Å². The van der Waals surface area contributed by atoms with E-state index in [9.17, 15) is 26.3 Å². The van der Waals surface area contributed by atoms with Gasteiger partial charge in [-0.25, -0.2) is 0 Å². The van der Waals surface area contributed by atoms with Gasteiger partial charge in [-0.2, -0.15) is 26.3 Å². The van der Waals surface area contributed by atoms with Gasteiger partial charge in [0.1, 0.15) is 0 Å². The maximum atomic E-state index is 13.1. The van der Waals surface area contributed by atoms with Crippen molar-refractivity contribution < 1.29 is 26.3 Å². The van der Waals surface area contributed by atoms with Gasteiger partial charge in [-0.1, -0.05) is 0 Å². The summed E-state index contributed by atoms with van der Waals surface area (Å²) in [7, 11) is 0. The molecule has 0 bridgehead atoms. The van der Waals surface area contributed by atoms with Crippen LogP contribution in [0.2, 0.25) is 0 Å². The second kappa shape index (κ2) is 5.47. The van der Waals surface area contributed by atoms with Gasteiger partial charge in [-0.3, -0.25) is 0 Å². The van der Waals surface area contributed by atoms with Crippen molar-refractivity contribution in [2.75, 3.05) is 17.2 Å². The third kappa shape index (κ3) is 3.34. The van der Waals surface area contributed by atoms with Gasteiger partial charge in [0.05, 0.1) is 28.7 Å². The molecule has 128 valence electrons. The van der Waals surface area contributed by atoms with Crippen LogP contribution in [0.1, 0.15) is 30.4 Å². The van der Waals surface area contributed by atoms with E-state index in [2.05, 4.69) is 16.0 Å². The maximum Gasteiger partial charge on any atom is 0.418 e. The van der Waals surface area contributed by atoms with E-state index in [1.807, 2.05) is 0 Å². The highest BCUT2D eigenvalue weighted by Crippen LogP contribution is 2.46. The SMILES string of the molecule is FC(F)(F)c1cc2c(c(C(F)(F)F)c1)NC(C[C@@H]1CCCN1)N2. The van der Waals surface area contributed by atoms with Gasteiger partial charge >= 0.3 is 12.4 Å². The smallest absolute Gasteiger partial charge is 0.364 e. The molecule has 9 heteroatoms. The Morgan fingerprint density at radius 1 is 1.00 bits per heavy atom. The van der Waals surface area contributed by atoms with Crippen LogP contribution >= 0.6 is 0 Å². The Hall–Kier alpha value is -1.64. The number of rotatable bonds is 2. The summed E-state index contributed by atoms with van der Waals surface area (Å²) in [6, 6.07) is 1.02. The van der Waals surface area contributed by atoms with Gasteiger partial charge in [0.25, 0.3) is 0 Å². The van der Waals surface area contributed by atoms with E-state index in [-0.39, 0.29) is 23.5 Å². The van der Waals surface area contributed by atoms with E-state index in [4.69, 9.17) is 0 Å². The minimum atomic E-state index is -4.86. The molecular weight excluding hydrogens is 324 g/mol. The summed E-state index contributed by atoms with van der Waals surface area (Å²) >= 11 is 0. The van der Waals surface area contributed by atoms with Gasteiger partial charge < -0.3 is 16.0 Å². The fourth-order valence-corrected chi connectivity index (χ4v) is 3.06. The Morgan fingerprint density at radius 3 is 2.30 bits per heavy atom. The summed E-state index contributed by atoms with van der Waals surface area (Å²) in [5, 5.41) is 8.62. The lowest BCUT2D eigenvalue weighted by Crippen LogP contribution is -2.32. The first-order chi connectivity index (χ1) is 10.6. The average Bonchev–Trinajstić information content (AvgIpc) is 3.03. The molecule has 3 nitrogen and oxygen atoms in total. The van der Waals surface area contributed by atoms with Crippen LogP contribution in [-0.2, 0) is 12.4 Å². The van der Waals surface area contributed by atoms with Crippen LogP contribution in [-0.4, -0.2) is 18.8 Å². The summed E-state index contributed by atoms with van der Waals surface area (Å²) < 4.78 is 77.8. The molecule has 0 aromatic heterocycles. The summed E-state index contributed by atoms with van der Waals surface area (Å²) in [6.07, 6.45) is -7.84. The normalized spacial score (nSPS) is 24.3. The lowest BCUT2D eigenvalue weighted by Gasteiger charge is -2.18. The molecule has 1 aromatic rings. The van der Waals surface area contributed by atoms with Gasteiger partial charge in [-0.15, -0.1) is 0 Å². The van der Waals surface area contributed by atoms with Crippen molar-refractivity contribution in [3.05, 3.63) is 23.3 Å². The summed E-state index contributed by atoms with van der Waals surface area (Å²) in [5.41, 5.74) is -3.07. The fraction of sp³-hybridized carbons (Fsp3) is 0.571. The molecule has 2 atom stereocenters. The minimum Gasteiger partial charge on any atom is -0.364 e. The molecule has 1 saturated heterocycles. The molecule has 1 unspecified atom stereocenters. The summed E-state index contributed by atoms with van der Waals surface area (Å²) in [6.45, 7) is 0.844. The molecule has 1 aromatic carbocycles. The van der Waals surface area contributed by atoms with Crippen molar-refractivity contribution >= 4 is 11.4 Å². The fourth-order valence-electron chi connectivity index (χ4n) is 3.06. The largest absolute Gasteiger partial charge is 0.418 e. The predicted octanol–water partition coefficient (Wildman–Crippen LogP) is 4.03. The van der Waals surface area contributed by atoms with Crippen LogP contribution in [0.25, 0.3) is 0 Å². The van der Waals surface area contributed by atoms with Crippen LogP contribution in [0.4, 0.5) is 37.7 Å². The molecule has 0 aliphatic carbocycles. The summed E-state index contributed by atoms with van der Waals surface area (Å²) in [4.78, 5) is 0. The maximum absolute atomic E-state index is 13.1. The molecule has 0 saturated carbocycles. The second-order valence-corrected chi connectivity index (χ2v) is 5.81. The molecule has 23 heavy (non-hydrogen) atoms. The molecule has 1 fully saturated rings. The topological polar surface area (TPSA) is 36.1 Å². The highest BCUT2D eigenvalue weighted by molar-refractivity contribution is 5.79. The zero-order valence-electron chi connectivity index (χ0n) is 11.9. The van der Waals surface area contributed by atoms with Crippen LogP contribution in [0.3, 0.4) is 0 Å². The Bertz CT molecular complexity index is 589. The predicted molar refractivity (Wildman–Crippen MR) is 73.1 cm³/mol. The first-order valence-electron chi connectivity index (χ1n) is 7.23. The quantitative estimate of drug-likeness (QED) is 0.712. The number of anilines is 2. The van der Waals surface area contributed by atoms with E-state index in [0.29, 0.717) is 6.42 Å². The molecule has 3 rings (SSSR count). The zero-order chi connectivity index (χ0) is 16.8. The van der Waals surface area contributed by atoms with Gasteiger partial charge in [0.15, 0.2) is 0 Å². The van der Waals surface area contributed by atoms with Crippen molar-refractivity contribution in [2.45, 2.75) is 43.8 Å². The average molecular weight is 339 g/mol. The van der Waals surface area contributed by atoms with E-state index in [0.717, 1.165) is 25.5 Å². The van der Waals surface area contributed by atoms with Gasteiger partial charge in [0, 0.05) is 12.5 Å². The number of halogens is 6. The lowest BCUT2D eigenvalue weighted by atomic mass is 10.1. The van der Waals surface area contributed by atoms with E-state index in [1.54, 1.807) is 0 Å². The number of benzene rings is 1. The van der Waals surface area contributed by atoms with Crippen molar-refractivity contribution in [3.8, 4) is 0 Å². The summed E-state index contributed by atoms with van der Waals surface area (Å²) in [5.74, 6) is 0. The van der Waals surface area contributed by atoms with E-state index < -0.39 is 29.6 Å². The Balaban J connectivity index is 1.90. The molecule has 0 radical (unpaired) electrons. The zero-order valence-corrected chi connectivity index (χ0v) is 11.9. The van der Waals surface area contributed by atoms with E-state index >= 15 is 0 Å². The monoisotopic (exact) mass is 339 g/mol. The highest BCUT2D eigenvalue weighted by atomic mass is 19.4. The highest BCUT2D eigenvalue weighted by Gasteiger charge is 2.42. The van der Waals surface area contributed by atoms with E-state index in [1.165, 1.54) is 0 Å². The van der Waals surface area contributed by atoms with Crippen LogP contribution in [0, 0.1) is 0 Å². The number of fused-ring (bicyclic) bond motifs is 1. The first kappa shape index (κ1) is 16.2. The van der Waals surface area contributed by atoms with Crippen LogP contribution in [0.15, 0.2) is 12.1 Å². The van der Waals surface area contributed by atoms with Crippen LogP contribution < -0.4 is 16.0 Å². The molecule has 3 N–H and O–H groups in total. The lowest BCUT2D eigenvalue weighted by molar-refractivity contribution is -0.142. The number of hydrogen-bond acceptors (Lipinski definition) is 3. The Labute approximate surface area is 128 Å². The first-order valence-corrected chi connectivity index (χ1v) is 7.23. The molecule has 0 spiro atoms. The minimum absolute atomic E-state index is 0.144. The van der Waals surface area contributed by atoms with Crippen molar-refractivity contribution in [1.29, 1.82) is 0 Å². The molecule has 2 aliphatic heterocycles. The van der Waals surface area contributed by atoms with Gasteiger partial charge in [-0.05, 0) is 31.5 Å². The van der Waals surface area contributed by atoms with Crippen molar-refractivity contribution in [2.24, 2.45) is 0 Å². The molecule has 2 heterocycles. The van der Waals surface area contributed by atoms with Gasteiger partial charge in [0.2, 0.25) is 0 Å². The standard InChI is InChI=1S/C14H15F6N3/c15-13(16,17)7-4-9(14(18,19)20)12-10(5-7)22-11(23-12)6-8-2-1-3-21-8/h4-5,8,11,21-23H,1-3,6H2/t8-,11?/m0/s1.